The van der Waals surface area contributed by atoms with Gasteiger partial charge in [0.25, 0.3) is 10.0 Å². The molecule has 1 aromatic heterocycles. The van der Waals surface area contributed by atoms with Gasteiger partial charge < -0.3 is 4.90 Å². The van der Waals surface area contributed by atoms with Gasteiger partial charge in [0.05, 0.1) is 0 Å². The maximum absolute atomic E-state index is 12.2. The number of nitrogens with zero attached hydrogens (tertiary/aromatic N) is 1. The number of hydrogen-bond acceptors (Lipinski definition) is 4. The smallest absolute Gasteiger partial charge is 0.251 e. The van der Waals surface area contributed by atoms with Crippen molar-refractivity contribution < 1.29 is 8.42 Å². The number of nitrogens with one attached hydrogen (secondary N) is 1. The highest BCUT2D eigenvalue weighted by Crippen LogP contribution is 2.27. The molecule has 7 heteroatoms. The lowest BCUT2D eigenvalue weighted by molar-refractivity contribution is 0.201. The molecule has 0 spiro atoms. The van der Waals surface area contributed by atoms with E-state index in [1.807, 2.05) is 0 Å². The Morgan fingerprint density at radius 1 is 1.40 bits per heavy atom. The van der Waals surface area contributed by atoms with Crippen molar-refractivity contribution in [1.82, 2.24) is 9.62 Å². The van der Waals surface area contributed by atoms with E-state index < -0.39 is 10.0 Å². The Balaban J connectivity index is 1.83. The molecule has 1 aromatic rings. The Morgan fingerprint density at radius 2 is 2.10 bits per heavy atom. The summed E-state index contributed by atoms with van der Waals surface area (Å²) in [6.07, 6.45) is 3.85. The van der Waals surface area contributed by atoms with Gasteiger partial charge in [0.15, 0.2) is 0 Å². The van der Waals surface area contributed by atoms with Crippen LogP contribution in [0.1, 0.15) is 26.2 Å². The van der Waals surface area contributed by atoms with E-state index in [1.165, 1.54) is 30.6 Å². The minimum Gasteiger partial charge on any atom is -0.303 e. The molecule has 0 amide bonds. The summed E-state index contributed by atoms with van der Waals surface area (Å²) < 4.78 is 28.1. The minimum absolute atomic E-state index is 0.321. The molecule has 114 valence electrons. The van der Waals surface area contributed by atoms with Gasteiger partial charge in [0.2, 0.25) is 0 Å². The van der Waals surface area contributed by atoms with Crippen molar-refractivity contribution in [3.8, 4) is 0 Å². The normalized spacial score (nSPS) is 19.1. The van der Waals surface area contributed by atoms with Crippen molar-refractivity contribution in [3.63, 3.8) is 0 Å². The van der Waals surface area contributed by atoms with Gasteiger partial charge in [-0.05, 0) is 59.2 Å². The molecule has 0 radical (unpaired) electrons. The molecule has 0 aliphatic carbocycles. The molecule has 0 bridgehead atoms. The number of hydrogen-bond donors (Lipinski definition) is 1. The molecule has 1 atom stereocenters. The Hall–Kier alpha value is 0.0500. The van der Waals surface area contributed by atoms with Crippen LogP contribution in [0.2, 0.25) is 0 Å². The van der Waals surface area contributed by atoms with Crippen LogP contribution in [0, 0.1) is 5.92 Å². The van der Waals surface area contributed by atoms with Gasteiger partial charge in [-0.3, -0.25) is 0 Å². The second kappa shape index (κ2) is 7.35. The maximum Gasteiger partial charge on any atom is 0.251 e. The van der Waals surface area contributed by atoms with Crippen molar-refractivity contribution in [1.29, 1.82) is 0 Å². The van der Waals surface area contributed by atoms with Gasteiger partial charge in [-0.25, -0.2) is 13.1 Å². The van der Waals surface area contributed by atoms with Crippen LogP contribution < -0.4 is 4.72 Å². The van der Waals surface area contributed by atoms with E-state index in [9.17, 15) is 8.42 Å². The molecule has 20 heavy (non-hydrogen) atoms. The van der Waals surface area contributed by atoms with Crippen LogP contribution in [0.5, 0.6) is 0 Å². The standard InChI is InChI=1S/C13H21BrN2O2S2/c1-11(10-16-6-3-2-4-7-16)9-15-20(17,18)13-12(14)5-8-19-13/h5,8,11,15H,2-4,6-7,9-10H2,1H3. The van der Waals surface area contributed by atoms with Crippen LogP contribution in [0.4, 0.5) is 0 Å². The Morgan fingerprint density at radius 3 is 2.70 bits per heavy atom. The zero-order valence-electron chi connectivity index (χ0n) is 11.6. The Labute approximate surface area is 133 Å². The van der Waals surface area contributed by atoms with Crippen molar-refractivity contribution in [3.05, 3.63) is 15.9 Å². The largest absolute Gasteiger partial charge is 0.303 e. The van der Waals surface area contributed by atoms with Gasteiger partial charge >= 0.3 is 0 Å². The van der Waals surface area contributed by atoms with Crippen LogP contribution in [-0.2, 0) is 10.0 Å². The summed E-state index contributed by atoms with van der Waals surface area (Å²) in [5, 5.41) is 1.77. The predicted octanol–water partition coefficient (Wildman–Crippen LogP) is 2.91. The van der Waals surface area contributed by atoms with Gasteiger partial charge in [-0.2, -0.15) is 0 Å². The molecular formula is C13H21BrN2O2S2. The molecule has 1 saturated heterocycles. The number of thiophene rings is 1. The summed E-state index contributed by atoms with van der Waals surface area (Å²) in [5.41, 5.74) is 0. The van der Waals surface area contributed by atoms with Crippen molar-refractivity contribution in [2.24, 2.45) is 5.92 Å². The maximum atomic E-state index is 12.2. The lowest BCUT2D eigenvalue weighted by Crippen LogP contribution is -2.37. The Kier molecular flexibility index (Phi) is 6.04. The molecule has 2 heterocycles. The fraction of sp³-hybridized carbons (Fsp3) is 0.692. The molecule has 1 fully saturated rings. The van der Waals surface area contributed by atoms with Crippen LogP contribution >= 0.6 is 27.3 Å². The summed E-state index contributed by atoms with van der Waals surface area (Å²) in [7, 11) is -3.38. The molecule has 4 nitrogen and oxygen atoms in total. The SMILES string of the molecule is CC(CNS(=O)(=O)c1sccc1Br)CN1CCCCC1. The van der Waals surface area contributed by atoms with E-state index >= 15 is 0 Å². The van der Waals surface area contributed by atoms with Gasteiger partial charge in [-0.1, -0.05) is 13.3 Å². The van der Waals surface area contributed by atoms with E-state index in [2.05, 4.69) is 32.5 Å². The minimum atomic E-state index is -3.38. The summed E-state index contributed by atoms with van der Waals surface area (Å²) in [5.74, 6) is 0.321. The highest BCUT2D eigenvalue weighted by atomic mass is 79.9. The lowest BCUT2D eigenvalue weighted by atomic mass is 10.1. The third-order valence-corrected chi connectivity index (χ3v) is 7.56. The van der Waals surface area contributed by atoms with Crippen LogP contribution in [-0.4, -0.2) is 39.5 Å². The van der Waals surface area contributed by atoms with Crippen LogP contribution in [0.3, 0.4) is 0 Å². The first kappa shape index (κ1) is 16.4. The fourth-order valence-corrected chi connectivity index (χ4v) is 5.98. The second-order valence-electron chi connectivity index (χ2n) is 5.37. The average Bonchev–Trinajstić information content (AvgIpc) is 2.85. The quantitative estimate of drug-likeness (QED) is 0.825. The zero-order valence-corrected chi connectivity index (χ0v) is 14.9. The van der Waals surface area contributed by atoms with E-state index in [4.69, 9.17) is 0 Å². The Bertz CT molecular complexity index is 524. The lowest BCUT2D eigenvalue weighted by Gasteiger charge is -2.29. The molecular weight excluding hydrogens is 360 g/mol. The van der Waals surface area contributed by atoms with E-state index in [1.54, 1.807) is 11.4 Å². The van der Waals surface area contributed by atoms with Crippen molar-refractivity contribution in [2.45, 2.75) is 30.4 Å². The van der Waals surface area contributed by atoms with E-state index in [-0.39, 0.29) is 0 Å². The molecule has 1 aliphatic rings. The van der Waals surface area contributed by atoms with Crippen LogP contribution in [0.15, 0.2) is 20.1 Å². The van der Waals surface area contributed by atoms with E-state index in [0.29, 0.717) is 21.1 Å². The topological polar surface area (TPSA) is 49.4 Å². The first-order valence-electron chi connectivity index (χ1n) is 6.94. The predicted molar refractivity (Wildman–Crippen MR) is 86.7 cm³/mol. The highest BCUT2D eigenvalue weighted by Gasteiger charge is 2.20. The number of rotatable bonds is 6. The summed E-state index contributed by atoms with van der Waals surface area (Å²) in [4.78, 5) is 2.43. The molecule has 0 saturated carbocycles. The van der Waals surface area contributed by atoms with Gasteiger partial charge in [0.1, 0.15) is 4.21 Å². The van der Waals surface area contributed by atoms with E-state index in [0.717, 1.165) is 19.6 Å². The number of piperidine rings is 1. The molecule has 1 N–H and O–H groups in total. The third-order valence-electron chi connectivity index (χ3n) is 3.47. The first-order chi connectivity index (χ1) is 9.49. The van der Waals surface area contributed by atoms with Crippen molar-refractivity contribution >= 4 is 37.3 Å². The van der Waals surface area contributed by atoms with Crippen LogP contribution in [0.25, 0.3) is 0 Å². The number of sulfonamides is 1. The summed E-state index contributed by atoms with van der Waals surface area (Å²) in [6.45, 7) is 5.85. The van der Waals surface area contributed by atoms with Crippen molar-refractivity contribution in [2.75, 3.05) is 26.2 Å². The monoisotopic (exact) mass is 380 g/mol. The zero-order chi connectivity index (χ0) is 14.6. The first-order valence-corrected chi connectivity index (χ1v) is 10.1. The fourth-order valence-electron chi connectivity index (χ4n) is 2.44. The third kappa shape index (κ3) is 4.53. The highest BCUT2D eigenvalue weighted by molar-refractivity contribution is 9.10. The van der Waals surface area contributed by atoms with Gasteiger partial charge in [0, 0.05) is 17.6 Å². The van der Waals surface area contributed by atoms with Gasteiger partial charge in [-0.15, -0.1) is 11.3 Å². The molecule has 2 rings (SSSR count). The molecule has 1 unspecified atom stereocenters. The summed E-state index contributed by atoms with van der Waals surface area (Å²) in [6, 6.07) is 1.76. The molecule has 0 aromatic carbocycles. The number of likely N-dealkylation sites (tertiary alicyclic amines) is 1. The molecule has 1 aliphatic heterocycles. The summed E-state index contributed by atoms with van der Waals surface area (Å²) >= 11 is 4.51. The average molecular weight is 381 g/mol. The second-order valence-corrected chi connectivity index (χ2v) is 9.11. The number of halogens is 1.